The highest BCUT2D eigenvalue weighted by molar-refractivity contribution is 6.30. The monoisotopic (exact) mass is 411 g/mol. The third-order valence-electron chi connectivity index (χ3n) is 5.16. The van der Waals surface area contributed by atoms with Crippen molar-refractivity contribution in [2.45, 2.75) is 0 Å². The van der Waals surface area contributed by atoms with Crippen molar-refractivity contribution in [3.05, 3.63) is 65.3 Å². The summed E-state index contributed by atoms with van der Waals surface area (Å²) in [5.41, 5.74) is 1.68. The minimum atomic E-state index is -0.0532. The Labute approximate surface area is 174 Å². The van der Waals surface area contributed by atoms with E-state index in [1.54, 1.807) is 35.4 Å². The number of carbonyl (C=O) groups is 2. The van der Waals surface area contributed by atoms with Crippen LogP contribution in [0.4, 0.5) is 0 Å². The summed E-state index contributed by atoms with van der Waals surface area (Å²) in [6.07, 6.45) is 1.78. The third-order valence-corrected chi connectivity index (χ3v) is 5.41. The normalized spacial score (nSPS) is 14.9. The number of para-hydroxylation sites is 1. The lowest BCUT2D eigenvalue weighted by molar-refractivity contribution is -0.135. The maximum atomic E-state index is 12.7. The fourth-order valence-electron chi connectivity index (χ4n) is 3.51. The largest absolute Gasteiger partial charge is 0.484 e. The molecular weight excluding hydrogens is 390 g/mol. The number of ketones is 1. The maximum absolute atomic E-state index is 12.7. The second kappa shape index (κ2) is 8.68. The number of hydrogen-bond acceptors (Lipinski definition) is 4. The SMILES string of the molecule is O=C(CN1CCN(C(=O)COc2ccc(Cl)cc2)CC1)c1c[nH]c2ccccc12. The van der Waals surface area contributed by atoms with E-state index in [0.29, 0.717) is 43.5 Å². The van der Waals surface area contributed by atoms with E-state index in [9.17, 15) is 9.59 Å². The van der Waals surface area contributed by atoms with Gasteiger partial charge >= 0.3 is 0 Å². The Morgan fingerprint density at radius 3 is 2.48 bits per heavy atom. The highest BCUT2D eigenvalue weighted by atomic mass is 35.5. The first kappa shape index (κ1) is 19.5. The molecule has 1 aromatic heterocycles. The predicted molar refractivity (Wildman–Crippen MR) is 113 cm³/mol. The first-order valence-corrected chi connectivity index (χ1v) is 9.96. The van der Waals surface area contributed by atoms with Crippen molar-refractivity contribution in [1.82, 2.24) is 14.8 Å². The summed E-state index contributed by atoms with van der Waals surface area (Å²) in [7, 11) is 0. The highest BCUT2D eigenvalue weighted by Gasteiger charge is 2.23. The van der Waals surface area contributed by atoms with Crippen molar-refractivity contribution < 1.29 is 14.3 Å². The standard InChI is InChI=1S/C22H22ClN3O3/c23-16-5-7-17(8-6-16)29-15-22(28)26-11-9-25(10-12-26)14-21(27)19-13-24-20-4-2-1-3-18(19)20/h1-8,13,24H,9-12,14-15H2. The lowest BCUT2D eigenvalue weighted by Gasteiger charge is -2.34. The number of aromatic nitrogens is 1. The molecule has 0 radical (unpaired) electrons. The zero-order chi connectivity index (χ0) is 20.2. The Kier molecular flexibility index (Phi) is 5.83. The van der Waals surface area contributed by atoms with Gasteiger partial charge in [-0.1, -0.05) is 29.8 Å². The van der Waals surface area contributed by atoms with Gasteiger partial charge in [0.15, 0.2) is 12.4 Å². The highest BCUT2D eigenvalue weighted by Crippen LogP contribution is 2.19. The van der Waals surface area contributed by atoms with Gasteiger partial charge in [-0.25, -0.2) is 0 Å². The van der Waals surface area contributed by atoms with Gasteiger partial charge in [-0.05, 0) is 30.3 Å². The van der Waals surface area contributed by atoms with E-state index in [0.717, 1.165) is 16.5 Å². The van der Waals surface area contributed by atoms with Crippen LogP contribution in [0.25, 0.3) is 10.9 Å². The number of aromatic amines is 1. The van der Waals surface area contributed by atoms with E-state index >= 15 is 0 Å². The van der Waals surface area contributed by atoms with Gasteiger partial charge < -0.3 is 14.6 Å². The Bertz CT molecular complexity index is 1010. The molecule has 4 rings (SSSR count). The number of rotatable bonds is 6. The molecule has 0 unspecified atom stereocenters. The molecule has 0 bridgehead atoms. The number of halogens is 1. The van der Waals surface area contributed by atoms with Crippen LogP contribution >= 0.6 is 11.6 Å². The number of benzene rings is 2. The fourth-order valence-corrected chi connectivity index (χ4v) is 3.64. The average Bonchev–Trinajstić information content (AvgIpc) is 3.18. The number of carbonyl (C=O) groups excluding carboxylic acids is 2. The molecule has 150 valence electrons. The van der Waals surface area contributed by atoms with Crippen LogP contribution in [0.3, 0.4) is 0 Å². The van der Waals surface area contributed by atoms with Crippen LogP contribution in [-0.2, 0) is 4.79 Å². The Morgan fingerprint density at radius 1 is 1.00 bits per heavy atom. The minimum absolute atomic E-state index is 0.00407. The van der Waals surface area contributed by atoms with Crippen LogP contribution in [0.1, 0.15) is 10.4 Å². The molecule has 0 spiro atoms. The number of amides is 1. The number of hydrogen-bond donors (Lipinski definition) is 1. The number of nitrogens with one attached hydrogen (secondary N) is 1. The van der Waals surface area contributed by atoms with Crippen molar-refractivity contribution in [2.75, 3.05) is 39.3 Å². The molecule has 0 aliphatic carbocycles. The van der Waals surface area contributed by atoms with Crippen LogP contribution < -0.4 is 4.74 Å². The van der Waals surface area contributed by atoms with E-state index in [1.807, 2.05) is 24.3 Å². The van der Waals surface area contributed by atoms with E-state index in [4.69, 9.17) is 16.3 Å². The van der Waals surface area contributed by atoms with E-state index in [2.05, 4.69) is 9.88 Å². The zero-order valence-electron chi connectivity index (χ0n) is 15.9. The summed E-state index contributed by atoms with van der Waals surface area (Å²) >= 11 is 5.85. The van der Waals surface area contributed by atoms with Crippen LogP contribution in [0.5, 0.6) is 5.75 Å². The maximum Gasteiger partial charge on any atom is 0.260 e. The van der Waals surface area contributed by atoms with Gasteiger partial charge in [-0.15, -0.1) is 0 Å². The molecule has 1 amide bonds. The number of piperazine rings is 1. The molecular formula is C22H22ClN3O3. The van der Waals surface area contributed by atoms with Crippen LogP contribution in [0.2, 0.25) is 5.02 Å². The number of fused-ring (bicyclic) bond motifs is 1. The lowest BCUT2D eigenvalue weighted by atomic mass is 10.1. The van der Waals surface area contributed by atoms with Crippen molar-refractivity contribution in [3.8, 4) is 5.75 Å². The van der Waals surface area contributed by atoms with Gasteiger partial charge in [0.25, 0.3) is 5.91 Å². The fraction of sp³-hybridized carbons (Fsp3) is 0.273. The Morgan fingerprint density at radius 2 is 1.72 bits per heavy atom. The van der Waals surface area contributed by atoms with Gasteiger partial charge in [0.1, 0.15) is 5.75 Å². The minimum Gasteiger partial charge on any atom is -0.484 e. The number of H-pyrrole nitrogens is 1. The predicted octanol–water partition coefficient (Wildman–Crippen LogP) is 3.23. The van der Waals surface area contributed by atoms with Gasteiger partial charge in [0.2, 0.25) is 0 Å². The zero-order valence-corrected chi connectivity index (χ0v) is 16.7. The molecule has 7 heteroatoms. The molecule has 2 heterocycles. The van der Waals surface area contributed by atoms with Crippen molar-refractivity contribution in [2.24, 2.45) is 0 Å². The van der Waals surface area contributed by atoms with Gasteiger partial charge in [-0.2, -0.15) is 0 Å². The van der Waals surface area contributed by atoms with Crippen molar-refractivity contribution >= 4 is 34.2 Å². The molecule has 29 heavy (non-hydrogen) atoms. The van der Waals surface area contributed by atoms with E-state index in [1.165, 1.54) is 0 Å². The summed E-state index contributed by atoms with van der Waals surface area (Å²) < 4.78 is 5.54. The molecule has 6 nitrogen and oxygen atoms in total. The molecule has 0 atom stereocenters. The first-order chi connectivity index (χ1) is 14.1. The summed E-state index contributed by atoms with van der Waals surface area (Å²) in [4.78, 5) is 32.1. The molecule has 0 saturated carbocycles. The Balaban J connectivity index is 1.26. The molecule has 1 aliphatic rings. The summed E-state index contributed by atoms with van der Waals surface area (Å²) in [6, 6.07) is 14.7. The molecule has 1 fully saturated rings. The molecule has 1 aliphatic heterocycles. The van der Waals surface area contributed by atoms with Crippen LogP contribution in [0.15, 0.2) is 54.7 Å². The van der Waals surface area contributed by atoms with E-state index in [-0.39, 0.29) is 18.3 Å². The first-order valence-electron chi connectivity index (χ1n) is 9.58. The number of Topliss-reactive ketones (excluding diaryl/α,β-unsaturated/α-hetero) is 1. The second-order valence-corrected chi connectivity index (χ2v) is 7.51. The summed E-state index contributed by atoms with van der Waals surface area (Å²) in [6.45, 7) is 2.86. The summed E-state index contributed by atoms with van der Waals surface area (Å²) in [5, 5.41) is 1.58. The average molecular weight is 412 g/mol. The Hall–Kier alpha value is -2.83. The topological polar surface area (TPSA) is 65.6 Å². The van der Waals surface area contributed by atoms with Gasteiger partial charge in [0.05, 0.1) is 6.54 Å². The van der Waals surface area contributed by atoms with Gasteiger partial charge in [0, 0.05) is 53.9 Å². The van der Waals surface area contributed by atoms with Crippen molar-refractivity contribution in [3.63, 3.8) is 0 Å². The number of ether oxygens (including phenoxy) is 1. The molecule has 1 N–H and O–H groups in total. The van der Waals surface area contributed by atoms with Crippen LogP contribution in [-0.4, -0.2) is 65.8 Å². The van der Waals surface area contributed by atoms with E-state index < -0.39 is 0 Å². The van der Waals surface area contributed by atoms with Crippen molar-refractivity contribution in [1.29, 1.82) is 0 Å². The summed E-state index contributed by atoms with van der Waals surface area (Å²) in [5.74, 6) is 0.654. The third kappa shape index (κ3) is 4.60. The second-order valence-electron chi connectivity index (χ2n) is 7.07. The lowest BCUT2D eigenvalue weighted by Crippen LogP contribution is -2.51. The molecule has 3 aromatic rings. The quantitative estimate of drug-likeness (QED) is 0.632. The van der Waals surface area contributed by atoms with Gasteiger partial charge in [-0.3, -0.25) is 14.5 Å². The van der Waals surface area contributed by atoms with Crippen LogP contribution in [0, 0.1) is 0 Å². The number of nitrogens with zero attached hydrogens (tertiary/aromatic N) is 2. The molecule has 2 aromatic carbocycles. The smallest absolute Gasteiger partial charge is 0.260 e. The molecule has 1 saturated heterocycles.